The molecular weight excluding hydrogens is 513 g/mol. The molecule has 0 saturated carbocycles. The number of hydrogen-bond donors (Lipinski definition) is 1. The highest BCUT2D eigenvalue weighted by molar-refractivity contribution is 8.12. The van der Waals surface area contributed by atoms with Gasteiger partial charge in [-0.25, -0.2) is 4.68 Å². The van der Waals surface area contributed by atoms with Crippen LogP contribution in [-0.4, -0.2) is 37.3 Å². The maximum atomic E-state index is 12.8. The van der Waals surface area contributed by atoms with Crippen LogP contribution in [0.1, 0.15) is 18.9 Å². The van der Waals surface area contributed by atoms with E-state index in [1.165, 1.54) is 4.68 Å². The number of amides is 1. The minimum Gasteiger partial charge on any atom is -0.337 e. The van der Waals surface area contributed by atoms with Crippen LogP contribution >= 0.6 is 58.3 Å². The summed E-state index contributed by atoms with van der Waals surface area (Å²) in [6, 6.07) is 12.2. The number of aromatic nitrogens is 4. The summed E-state index contributed by atoms with van der Waals surface area (Å²) in [5.41, 5.74) is 1.03. The van der Waals surface area contributed by atoms with E-state index in [2.05, 4.69) is 20.8 Å². The zero-order chi connectivity index (χ0) is 23.1. The van der Waals surface area contributed by atoms with E-state index >= 15 is 0 Å². The minimum atomic E-state index is -0.661. The Morgan fingerprint density at radius 1 is 1.09 bits per heavy atom. The summed E-state index contributed by atoms with van der Waals surface area (Å²) in [6.45, 7) is 1.71. The van der Waals surface area contributed by atoms with Gasteiger partial charge in [-0.2, -0.15) is 0 Å². The number of nitrogens with one attached hydrogen (secondary N) is 1. The van der Waals surface area contributed by atoms with Crippen LogP contribution in [0.2, 0.25) is 15.1 Å². The Balaban J connectivity index is 1.62. The number of halogens is 3. The Labute approximate surface area is 208 Å². The number of carbonyl (C=O) groups excluding carboxylic acids is 2. The number of thioether (sulfide) groups is 1. The average Bonchev–Trinajstić information content (AvgIpc) is 3.23. The largest absolute Gasteiger partial charge is 0.337 e. The summed E-state index contributed by atoms with van der Waals surface area (Å²) in [5, 5.41) is 15.3. The molecule has 32 heavy (non-hydrogen) atoms. The molecule has 0 aliphatic rings. The highest BCUT2D eigenvalue weighted by Gasteiger charge is 2.22. The molecule has 1 amide bonds. The van der Waals surface area contributed by atoms with Gasteiger partial charge in [0.05, 0.1) is 26.0 Å². The van der Waals surface area contributed by atoms with Gasteiger partial charge in [0.15, 0.2) is 5.78 Å². The Kier molecular flexibility index (Phi) is 9.24. The second-order valence-corrected chi connectivity index (χ2v) is 9.64. The predicted molar refractivity (Wildman–Crippen MR) is 129 cm³/mol. The topological polar surface area (TPSA) is 89.8 Å². The van der Waals surface area contributed by atoms with Gasteiger partial charge in [0.1, 0.15) is 6.54 Å². The molecule has 7 nitrogen and oxygen atoms in total. The molecule has 0 radical (unpaired) electrons. The zero-order valence-electron chi connectivity index (χ0n) is 16.8. The molecule has 1 N–H and O–H groups in total. The minimum absolute atomic E-state index is 0.118. The number of Topliss-reactive ketones (excluding diaryl/α,β-unsaturated/α-hetero) is 1. The molecule has 0 aliphatic carbocycles. The van der Waals surface area contributed by atoms with Crippen molar-refractivity contribution in [1.29, 1.82) is 0 Å². The zero-order valence-corrected chi connectivity index (χ0v) is 20.7. The summed E-state index contributed by atoms with van der Waals surface area (Å²) >= 11 is 20.7. The van der Waals surface area contributed by atoms with Crippen molar-refractivity contribution >= 4 is 69.3 Å². The summed E-state index contributed by atoms with van der Waals surface area (Å²) in [5.74, 6) is 0.297. The van der Waals surface area contributed by atoms with Crippen LogP contribution in [0.3, 0.4) is 0 Å². The van der Waals surface area contributed by atoms with E-state index in [1.54, 1.807) is 12.1 Å². The maximum Gasteiger partial charge on any atom is 0.279 e. The number of tetrazole rings is 1. The standard InChI is InChI=1S/C20H18Cl3N5O2S2/c1-2-15(24-20(30)31-11-12-6-4-3-5-7-12)16(29)10-28-19(25-26-27-28)32-18-14(22)9-8-13(21)17(18)23/h3-9,15H,2,10-11H2,1H3,(H,24,30). The SMILES string of the molecule is CCC(NC(=O)SCc1ccccc1)C(=O)Cn1nnnc1Sc1c(Cl)ccc(Cl)c1Cl. The van der Waals surface area contributed by atoms with Gasteiger partial charge >= 0.3 is 0 Å². The molecule has 0 saturated heterocycles. The van der Waals surface area contributed by atoms with Gasteiger partial charge in [-0.1, -0.05) is 83.8 Å². The molecule has 3 rings (SSSR count). The second-order valence-electron chi connectivity index (χ2n) is 6.53. The van der Waals surface area contributed by atoms with Crippen molar-refractivity contribution in [3.05, 3.63) is 63.1 Å². The van der Waals surface area contributed by atoms with Crippen LogP contribution in [0.4, 0.5) is 4.79 Å². The molecule has 168 valence electrons. The number of ketones is 1. The Bertz CT molecular complexity index is 1100. The lowest BCUT2D eigenvalue weighted by Gasteiger charge is -2.16. The van der Waals surface area contributed by atoms with Crippen LogP contribution in [-0.2, 0) is 17.1 Å². The Morgan fingerprint density at radius 2 is 1.81 bits per heavy atom. The van der Waals surface area contributed by atoms with Crippen molar-refractivity contribution < 1.29 is 9.59 Å². The van der Waals surface area contributed by atoms with Crippen LogP contribution in [0, 0.1) is 0 Å². The Hall–Kier alpha value is -1.78. The first-order valence-corrected chi connectivity index (χ1v) is 12.4. The van der Waals surface area contributed by atoms with E-state index in [0.29, 0.717) is 32.3 Å². The average molecular weight is 531 g/mol. The van der Waals surface area contributed by atoms with E-state index < -0.39 is 6.04 Å². The van der Waals surface area contributed by atoms with Crippen molar-refractivity contribution in [2.24, 2.45) is 0 Å². The lowest BCUT2D eigenvalue weighted by atomic mass is 10.1. The molecule has 12 heteroatoms. The first-order valence-electron chi connectivity index (χ1n) is 9.46. The van der Waals surface area contributed by atoms with E-state index in [-0.39, 0.29) is 22.6 Å². The van der Waals surface area contributed by atoms with E-state index in [1.807, 2.05) is 37.3 Å². The third-order valence-corrected chi connectivity index (χ3v) is 7.61. The summed E-state index contributed by atoms with van der Waals surface area (Å²) in [6.07, 6.45) is 0.438. The maximum absolute atomic E-state index is 12.8. The summed E-state index contributed by atoms with van der Waals surface area (Å²) in [4.78, 5) is 25.6. The fourth-order valence-corrected chi connectivity index (χ4v) is 5.00. The number of benzene rings is 2. The monoisotopic (exact) mass is 529 g/mol. The molecule has 1 atom stereocenters. The molecular formula is C20H18Cl3N5O2S2. The van der Waals surface area contributed by atoms with Gasteiger partial charge in [0.2, 0.25) is 5.16 Å². The third-order valence-electron chi connectivity index (χ3n) is 4.30. The predicted octanol–water partition coefficient (Wildman–Crippen LogP) is 5.78. The number of carbonyl (C=O) groups is 2. The molecule has 0 spiro atoms. The molecule has 1 unspecified atom stereocenters. The molecule has 0 bridgehead atoms. The summed E-state index contributed by atoms with van der Waals surface area (Å²) in [7, 11) is 0. The van der Waals surface area contributed by atoms with Crippen LogP contribution < -0.4 is 5.32 Å². The molecule has 0 fully saturated rings. The molecule has 2 aromatic carbocycles. The normalized spacial score (nSPS) is 11.9. The van der Waals surface area contributed by atoms with Gasteiger partial charge in [-0.15, -0.1) is 5.10 Å². The second kappa shape index (κ2) is 11.9. The lowest BCUT2D eigenvalue weighted by molar-refractivity contribution is -0.121. The molecule has 0 aliphatic heterocycles. The van der Waals surface area contributed by atoms with Gasteiger partial charge < -0.3 is 5.32 Å². The molecule has 3 aromatic rings. The van der Waals surface area contributed by atoms with Crippen molar-refractivity contribution in [2.75, 3.05) is 0 Å². The highest BCUT2D eigenvalue weighted by atomic mass is 35.5. The van der Waals surface area contributed by atoms with Gasteiger partial charge in [0.25, 0.3) is 5.24 Å². The number of nitrogens with zero attached hydrogens (tertiary/aromatic N) is 4. The first kappa shape index (κ1) is 24.9. The van der Waals surface area contributed by atoms with E-state index in [4.69, 9.17) is 34.8 Å². The summed E-state index contributed by atoms with van der Waals surface area (Å²) < 4.78 is 1.34. The van der Waals surface area contributed by atoms with Crippen molar-refractivity contribution in [3.8, 4) is 0 Å². The highest BCUT2D eigenvalue weighted by Crippen LogP contribution is 2.41. The van der Waals surface area contributed by atoms with Gasteiger partial charge in [-0.3, -0.25) is 9.59 Å². The van der Waals surface area contributed by atoms with Crippen LogP contribution in [0.25, 0.3) is 0 Å². The quantitative estimate of drug-likeness (QED) is 0.351. The lowest BCUT2D eigenvalue weighted by Crippen LogP contribution is -2.40. The van der Waals surface area contributed by atoms with Crippen LogP contribution in [0.5, 0.6) is 0 Å². The third kappa shape index (κ3) is 6.62. The Morgan fingerprint density at radius 3 is 2.53 bits per heavy atom. The van der Waals surface area contributed by atoms with Crippen LogP contribution in [0.15, 0.2) is 52.5 Å². The molecule has 1 aromatic heterocycles. The van der Waals surface area contributed by atoms with E-state index in [9.17, 15) is 9.59 Å². The van der Waals surface area contributed by atoms with Crippen molar-refractivity contribution in [2.45, 2.75) is 41.7 Å². The number of rotatable bonds is 9. The smallest absolute Gasteiger partial charge is 0.279 e. The van der Waals surface area contributed by atoms with Crippen molar-refractivity contribution in [3.63, 3.8) is 0 Å². The fourth-order valence-electron chi connectivity index (χ4n) is 2.64. The fraction of sp³-hybridized carbons (Fsp3) is 0.250. The van der Waals surface area contributed by atoms with Crippen molar-refractivity contribution in [1.82, 2.24) is 25.5 Å². The van der Waals surface area contributed by atoms with Gasteiger partial charge in [-0.05, 0) is 46.3 Å². The van der Waals surface area contributed by atoms with Gasteiger partial charge in [0, 0.05) is 5.75 Å². The van der Waals surface area contributed by atoms with E-state index in [0.717, 1.165) is 29.1 Å². The first-order chi connectivity index (χ1) is 15.4. The molecule has 1 heterocycles. The number of hydrogen-bond acceptors (Lipinski definition) is 7.